The molecule has 2 aromatic rings. The number of aromatic hydroxyl groups is 1. The van der Waals surface area contributed by atoms with Crippen LogP contribution in [0.25, 0.3) is 6.08 Å². The summed E-state index contributed by atoms with van der Waals surface area (Å²) >= 11 is 0. The molecule has 0 heterocycles. The molecule has 0 spiro atoms. The van der Waals surface area contributed by atoms with Crippen molar-refractivity contribution in [3.05, 3.63) is 64.2 Å². The number of ketones is 1. The molecule has 2 rings (SSSR count). The van der Waals surface area contributed by atoms with E-state index in [1.54, 1.807) is 6.08 Å². The summed E-state index contributed by atoms with van der Waals surface area (Å²) in [4.78, 5) is 23.1. The van der Waals surface area contributed by atoms with E-state index in [2.05, 4.69) is 26.0 Å². The van der Waals surface area contributed by atoms with Gasteiger partial charge in [0, 0.05) is 16.4 Å². The molecule has 1 N–H and O–H groups in total. The van der Waals surface area contributed by atoms with Crippen molar-refractivity contribution in [2.45, 2.75) is 66.7 Å². The molecule has 0 saturated carbocycles. The van der Waals surface area contributed by atoms with E-state index in [1.165, 1.54) is 6.08 Å². The monoisotopic (exact) mass is 436 g/mol. The van der Waals surface area contributed by atoms with Crippen LogP contribution in [0.15, 0.2) is 36.4 Å². The maximum atomic E-state index is 12.2. The molecule has 2 aromatic carbocycles. The van der Waals surface area contributed by atoms with Gasteiger partial charge in [-0.05, 0) is 73.2 Å². The second-order valence-corrected chi connectivity index (χ2v) is 9.46. The molecule has 0 aliphatic carbocycles. The Labute approximate surface area is 192 Å². The van der Waals surface area contributed by atoms with Crippen LogP contribution in [0.1, 0.15) is 75.3 Å². The van der Waals surface area contributed by atoms with Crippen LogP contribution in [0.3, 0.4) is 0 Å². The Morgan fingerprint density at radius 1 is 1.00 bits per heavy atom. The minimum absolute atomic E-state index is 0.0555. The largest absolute Gasteiger partial charge is 0.507 e. The van der Waals surface area contributed by atoms with Crippen LogP contribution in [0, 0.1) is 19.3 Å². The highest BCUT2D eigenvalue weighted by atomic mass is 16.5. The minimum Gasteiger partial charge on any atom is -0.507 e. The van der Waals surface area contributed by atoms with E-state index < -0.39 is 5.41 Å². The third-order valence-electron chi connectivity index (χ3n) is 6.37. The van der Waals surface area contributed by atoms with Crippen LogP contribution >= 0.6 is 0 Å². The number of carbonyl (C=O) groups excluding carboxylic acids is 2. The van der Waals surface area contributed by atoms with Gasteiger partial charge in [-0.3, -0.25) is 9.59 Å². The first-order valence-electron chi connectivity index (χ1n) is 11.2. The molecule has 0 atom stereocenters. The fourth-order valence-corrected chi connectivity index (χ4v) is 4.06. The predicted molar refractivity (Wildman–Crippen MR) is 130 cm³/mol. The number of hydrogen-bond acceptors (Lipinski definition) is 4. The Hall–Kier alpha value is -2.88. The van der Waals surface area contributed by atoms with Crippen LogP contribution in [0.4, 0.5) is 0 Å². The van der Waals surface area contributed by atoms with Crippen molar-refractivity contribution >= 4 is 18.1 Å². The van der Waals surface area contributed by atoms with Gasteiger partial charge in [0.1, 0.15) is 24.4 Å². The van der Waals surface area contributed by atoms with E-state index in [0.29, 0.717) is 17.6 Å². The molecule has 0 saturated heterocycles. The summed E-state index contributed by atoms with van der Waals surface area (Å²) in [5.74, 6) is 0.966. The molecule has 0 unspecified atom stereocenters. The number of Topliss-reactive ketones (excluding diaryl/α,β-unsaturated/α-hetero) is 1. The lowest BCUT2D eigenvalue weighted by molar-refractivity contribution is -0.128. The lowest BCUT2D eigenvalue weighted by atomic mass is 9.69. The first-order chi connectivity index (χ1) is 15.0. The summed E-state index contributed by atoms with van der Waals surface area (Å²) in [5, 5.41) is 10.5. The Balaban J connectivity index is 2.49. The normalized spacial score (nSPS) is 12.2. The summed E-state index contributed by atoms with van der Waals surface area (Å²) in [7, 11) is 0. The lowest BCUT2D eigenvalue weighted by Gasteiger charge is -2.34. The fraction of sp³-hybridized carbons (Fsp3) is 0.429. The SMILES string of the molecule is CCC(CC)(c1ccc(OCC(=O)C(C)(C)C)c(C)c1)c1cc(C)c(O)c(/C=C/C=O)c1. The Bertz CT molecular complexity index is 1000. The standard InChI is InChI=1S/C28H36O4/c1-8-28(9-2,23-16-20(4)26(31)21(17-23)11-10-14-29)22-12-13-24(19(3)15-22)32-18-25(30)27(5,6)7/h10-17,31H,8-9,18H2,1-7H3/b11-10+. The summed E-state index contributed by atoms with van der Waals surface area (Å²) in [5.41, 5.74) is 3.95. The molecule has 172 valence electrons. The molecule has 4 nitrogen and oxygen atoms in total. The third kappa shape index (κ3) is 5.29. The number of ether oxygens (including phenoxy) is 1. The second-order valence-electron chi connectivity index (χ2n) is 9.46. The van der Waals surface area contributed by atoms with E-state index in [-0.39, 0.29) is 23.6 Å². The van der Waals surface area contributed by atoms with Crippen molar-refractivity contribution in [1.29, 1.82) is 0 Å². The molecule has 32 heavy (non-hydrogen) atoms. The van der Waals surface area contributed by atoms with E-state index in [1.807, 2.05) is 52.8 Å². The molecule has 0 fully saturated rings. The van der Waals surface area contributed by atoms with E-state index in [4.69, 9.17) is 4.74 Å². The average Bonchev–Trinajstić information content (AvgIpc) is 2.74. The van der Waals surface area contributed by atoms with Crippen molar-refractivity contribution < 1.29 is 19.4 Å². The highest BCUT2D eigenvalue weighted by Gasteiger charge is 2.32. The number of carbonyl (C=O) groups is 2. The molecule has 0 bridgehead atoms. The highest BCUT2D eigenvalue weighted by molar-refractivity contribution is 5.85. The number of benzene rings is 2. The van der Waals surface area contributed by atoms with Gasteiger partial charge in [-0.15, -0.1) is 0 Å². The molecule has 0 aliphatic heterocycles. The van der Waals surface area contributed by atoms with Crippen LogP contribution in [0.2, 0.25) is 0 Å². The third-order valence-corrected chi connectivity index (χ3v) is 6.37. The first-order valence-corrected chi connectivity index (χ1v) is 11.2. The number of aryl methyl sites for hydroxylation is 2. The second kappa shape index (κ2) is 10.2. The van der Waals surface area contributed by atoms with Gasteiger partial charge in [0.15, 0.2) is 5.78 Å². The molecule has 0 radical (unpaired) electrons. The molecular weight excluding hydrogens is 400 g/mol. The zero-order chi connectivity index (χ0) is 24.1. The van der Waals surface area contributed by atoms with E-state index in [0.717, 1.165) is 35.1 Å². The van der Waals surface area contributed by atoms with Gasteiger partial charge in [0.2, 0.25) is 0 Å². The number of phenols is 1. The van der Waals surface area contributed by atoms with Gasteiger partial charge >= 0.3 is 0 Å². The first kappa shape index (κ1) is 25.4. The van der Waals surface area contributed by atoms with Gasteiger partial charge in [0.25, 0.3) is 0 Å². The summed E-state index contributed by atoms with van der Waals surface area (Å²) in [6.07, 6.45) is 5.48. The summed E-state index contributed by atoms with van der Waals surface area (Å²) < 4.78 is 5.84. The van der Waals surface area contributed by atoms with Gasteiger partial charge < -0.3 is 9.84 Å². The predicted octanol–water partition coefficient (Wildman–Crippen LogP) is 6.32. The number of phenolic OH excluding ortho intramolecular Hbond substituents is 1. The maximum Gasteiger partial charge on any atom is 0.175 e. The van der Waals surface area contributed by atoms with Crippen LogP contribution in [-0.4, -0.2) is 23.8 Å². The van der Waals surface area contributed by atoms with Gasteiger partial charge in [-0.2, -0.15) is 0 Å². The molecule has 0 aromatic heterocycles. The van der Waals surface area contributed by atoms with Gasteiger partial charge in [-0.25, -0.2) is 0 Å². The van der Waals surface area contributed by atoms with Crippen molar-refractivity contribution in [2.75, 3.05) is 6.61 Å². The minimum atomic E-state index is -0.430. The molecule has 4 heteroatoms. The van der Waals surface area contributed by atoms with Crippen molar-refractivity contribution in [3.8, 4) is 11.5 Å². The Morgan fingerprint density at radius 3 is 2.16 bits per heavy atom. The Morgan fingerprint density at radius 2 is 1.62 bits per heavy atom. The van der Waals surface area contributed by atoms with E-state index >= 15 is 0 Å². The van der Waals surface area contributed by atoms with Crippen LogP contribution in [-0.2, 0) is 15.0 Å². The smallest absolute Gasteiger partial charge is 0.175 e. The topological polar surface area (TPSA) is 63.6 Å². The fourth-order valence-electron chi connectivity index (χ4n) is 4.06. The zero-order valence-electron chi connectivity index (χ0n) is 20.4. The summed E-state index contributed by atoms with van der Waals surface area (Å²) in [6.45, 7) is 13.9. The zero-order valence-corrected chi connectivity index (χ0v) is 20.4. The quantitative estimate of drug-likeness (QED) is 0.369. The molecular formula is C28H36O4. The average molecular weight is 437 g/mol. The van der Waals surface area contributed by atoms with Gasteiger partial charge in [0.05, 0.1) is 0 Å². The van der Waals surface area contributed by atoms with Crippen molar-refractivity contribution in [2.24, 2.45) is 5.41 Å². The number of hydrogen-bond donors (Lipinski definition) is 1. The number of rotatable bonds is 9. The van der Waals surface area contributed by atoms with Crippen LogP contribution in [0.5, 0.6) is 11.5 Å². The molecule has 0 aliphatic rings. The van der Waals surface area contributed by atoms with E-state index in [9.17, 15) is 14.7 Å². The summed E-state index contributed by atoms with van der Waals surface area (Å²) in [6, 6.07) is 10.1. The molecule has 0 amide bonds. The maximum absolute atomic E-state index is 12.2. The van der Waals surface area contributed by atoms with Crippen molar-refractivity contribution in [3.63, 3.8) is 0 Å². The van der Waals surface area contributed by atoms with Crippen LogP contribution < -0.4 is 4.74 Å². The van der Waals surface area contributed by atoms with Gasteiger partial charge in [-0.1, -0.05) is 52.8 Å². The lowest BCUT2D eigenvalue weighted by Crippen LogP contribution is -2.27. The number of aldehydes is 1. The Kier molecular flexibility index (Phi) is 8.06. The highest BCUT2D eigenvalue weighted by Crippen LogP contribution is 2.42. The van der Waals surface area contributed by atoms with Crippen molar-refractivity contribution in [1.82, 2.24) is 0 Å². The number of allylic oxidation sites excluding steroid dienone is 1.